The number of benzene rings is 1. The van der Waals surface area contributed by atoms with Crippen molar-refractivity contribution in [2.24, 2.45) is 0 Å². The molecule has 1 aliphatic rings. The minimum absolute atomic E-state index is 0.0516. The summed E-state index contributed by atoms with van der Waals surface area (Å²) in [6.45, 7) is 1.14. The standard InChI is InChI=1S/C15H21FN2O2/c16-12-5-4-6-13(9-12)17-15(20)10-18-8-3-1-2-7-14(18)11-19/h4-6,9,14,19H,1-3,7-8,10-11H2,(H,17,20). The minimum Gasteiger partial charge on any atom is -0.395 e. The lowest BCUT2D eigenvalue weighted by molar-refractivity contribution is -0.118. The minimum atomic E-state index is -0.370. The molecular formula is C15H21FN2O2. The van der Waals surface area contributed by atoms with Crippen molar-refractivity contribution in [1.82, 2.24) is 4.90 Å². The second kappa shape index (κ2) is 7.36. The number of carbonyl (C=O) groups is 1. The molecule has 0 radical (unpaired) electrons. The molecule has 5 heteroatoms. The van der Waals surface area contributed by atoms with Crippen LogP contribution in [0.15, 0.2) is 24.3 Å². The number of nitrogens with one attached hydrogen (secondary N) is 1. The SMILES string of the molecule is O=C(CN1CCCCCC1CO)Nc1cccc(F)c1. The van der Waals surface area contributed by atoms with Gasteiger partial charge in [-0.3, -0.25) is 9.69 Å². The summed E-state index contributed by atoms with van der Waals surface area (Å²) >= 11 is 0. The number of nitrogens with zero attached hydrogens (tertiary/aromatic N) is 1. The van der Waals surface area contributed by atoms with Gasteiger partial charge in [0.2, 0.25) is 5.91 Å². The molecule has 2 N–H and O–H groups in total. The third kappa shape index (κ3) is 4.28. The molecule has 1 atom stereocenters. The van der Waals surface area contributed by atoms with Gasteiger partial charge in [-0.2, -0.15) is 0 Å². The van der Waals surface area contributed by atoms with E-state index in [4.69, 9.17) is 0 Å². The van der Waals surface area contributed by atoms with Gasteiger partial charge in [-0.1, -0.05) is 18.9 Å². The van der Waals surface area contributed by atoms with Crippen molar-refractivity contribution in [1.29, 1.82) is 0 Å². The van der Waals surface area contributed by atoms with E-state index in [2.05, 4.69) is 5.32 Å². The van der Waals surface area contributed by atoms with Crippen LogP contribution in [0.25, 0.3) is 0 Å². The number of amides is 1. The molecule has 1 aromatic carbocycles. The van der Waals surface area contributed by atoms with Gasteiger partial charge in [0.1, 0.15) is 5.82 Å². The first kappa shape index (κ1) is 14.9. The van der Waals surface area contributed by atoms with Crippen LogP contribution >= 0.6 is 0 Å². The maximum absolute atomic E-state index is 13.1. The van der Waals surface area contributed by atoms with E-state index < -0.39 is 0 Å². The molecule has 4 nitrogen and oxygen atoms in total. The van der Waals surface area contributed by atoms with Gasteiger partial charge in [0.15, 0.2) is 0 Å². The van der Waals surface area contributed by atoms with Crippen molar-refractivity contribution in [3.05, 3.63) is 30.1 Å². The summed E-state index contributed by atoms with van der Waals surface area (Å²) in [4.78, 5) is 14.0. The lowest BCUT2D eigenvalue weighted by atomic mass is 10.1. The maximum Gasteiger partial charge on any atom is 0.238 e. The van der Waals surface area contributed by atoms with E-state index in [1.165, 1.54) is 12.1 Å². The fraction of sp³-hybridized carbons (Fsp3) is 0.533. The van der Waals surface area contributed by atoms with Gasteiger partial charge in [0, 0.05) is 11.7 Å². The fourth-order valence-corrected chi connectivity index (χ4v) is 2.60. The molecule has 0 aliphatic carbocycles. The Bertz CT molecular complexity index is 453. The molecule has 0 aromatic heterocycles. The Balaban J connectivity index is 1.92. The molecule has 0 spiro atoms. The van der Waals surface area contributed by atoms with E-state index in [1.807, 2.05) is 4.90 Å². The highest BCUT2D eigenvalue weighted by molar-refractivity contribution is 5.92. The molecule has 1 heterocycles. The summed E-state index contributed by atoms with van der Waals surface area (Å²) in [5.74, 6) is -0.540. The Kier molecular flexibility index (Phi) is 5.49. The summed E-state index contributed by atoms with van der Waals surface area (Å²) in [6.07, 6.45) is 4.19. The molecule has 110 valence electrons. The van der Waals surface area contributed by atoms with Gasteiger partial charge >= 0.3 is 0 Å². The fourth-order valence-electron chi connectivity index (χ4n) is 2.60. The van der Waals surface area contributed by atoms with E-state index in [1.54, 1.807) is 12.1 Å². The normalized spacial score (nSPS) is 20.4. The van der Waals surface area contributed by atoms with Gasteiger partial charge in [-0.25, -0.2) is 4.39 Å². The van der Waals surface area contributed by atoms with Crippen LogP contribution in [0.5, 0.6) is 0 Å². The third-order valence-corrected chi connectivity index (χ3v) is 3.66. The Labute approximate surface area is 118 Å². The molecule has 1 saturated heterocycles. The number of hydrogen-bond acceptors (Lipinski definition) is 3. The molecule has 1 fully saturated rings. The molecule has 1 amide bonds. The number of aliphatic hydroxyl groups excluding tert-OH is 1. The highest BCUT2D eigenvalue weighted by Crippen LogP contribution is 2.16. The molecule has 2 rings (SSSR count). The summed E-state index contributed by atoms with van der Waals surface area (Å²) < 4.78 is 13.1. The number of carbonyl (C=O) groups excluding carboxylic acids is 1. The van der Waals surface area contributed by atoms with E-state index in [-0.39, 0.29) is 30.9 Å². The van der Waals surface area contributed by atoms with Crippen molar-refractivity contribution >= 4 is 11.6 Å². The van der Waals surface area contributed by atoms with Crippen molar-refractivity contribution in [3.63, 3.8) is 0 Å². The van der Waals surface area contributed by atoms with E-state index in [0.29, 0.717) is 5.69 Å². The summed E-state index contributed by atoms with van der Waals surface area (Å²) in [6, 6.07) is 5.91. The Morgan fingerprint density at radius 3 is 3.00 bits per heavy atom. The highest BCUT2D eigenvalue weighted by atomic mass is 19.1. The Morgan fingerprint density at radius 2 is 2.25 bits per heavy atom. The second-order valence-electron chi connectivity index (χ2n) is 5.21. The molecule has 0 saturated carbocycles. The average Bonchev–Trinajstić information content (AvgIpc) is 2.63. The van der Waals surface area contributed by atoms with E-state index >= 15 is 0 Å². The number of rotatable bonds is 4. The van der Waals surface area contributed by atoms with Crippen LogP contribution in [0.1, 0.15) is 25.7 Å². The van der Waals surface area contributed by atoms with Crippen LogP contribution in [0.4, 0.5) is 10.1 Å². The Morgan fingerprint density at radius 1 is 1.40 bits per heavy atom. The molecule has 1 unspecified atom stereocenters. The molecule has 20 heavy (non-hydrogen) atoms. The quantitative estimate of drug-likeness (QED) is 0.887. The maximum atomic E-state index is 13.1. The van der Waals surface area contributed by atoms with Gasteiger partial charge in [-0.05, 0) is 37.6 Å². The van der Waals surface area contributed by atoms with Crippen LogP contribution in [-0.2, 0) is 4.79 Å². The average molecular weight is 280 g/mol. The van der Waals surface area contributed by atoms with Crippen molar-refractivity contribution in [2.75, 3.05) is 25.0 Å². The lowest BCUT2D eigenvalue weighted by Crippen LogP contribution is -2.42. The molecule has 1 aliphatic heterocycles. The lowest BCUT2D eigenvalue weighted by Gasteiger charge is -2.27. The number of likely N-dealkylation sites (tertiary alicyclic amines) is 1. The topological polar surface area (TPSA) is 52.6 Å². The third-order valence-electron chi connectivity index (χ3n) is 3.66. The van der Waals surface area contributed by atoms with Gasteiger partial charge in [-0.15, -0.1) is 0 Å². The van der Waals surface area contributed by atoms with Crippen LogP contribution in [0.2, 0.25) is 0 Å². The van der Waals surface area contributed by atoms with Crippen LogP contribution in [0, 0.1) is 5.82 Å². The van der Waals surface area contributed by atoms with E-state index in [0.717, 1.165) is 32.2 Å². The predicted octanol–water partition coefficient (Wildman–Crippen LogP) is 2.00. The zero-order valence-electron chi connectivity index (χ0n) is 11.5. The zero-order valence-corrected chi connectivity index (χ0v) is 11.5. The van der Waals surface area contributed by atoms with E-state index in [9.17, 15) is 14.3 Å². The highest BCUT2D eigenvalue weighted by Gasteiger charge is 2.22. The first-order valence-corrected chi connectivity index (χ1v) is 7.09. The predicted molar refractivity (Wildman–Crippen MR) is 75.9 cm³/mol. The number of aliphatic hydroxyl groups is 1. The molecule has 1 aromatic rings. The first-order chi connectivity index (χ1) is 9.69. The van der Waals surface area contributed by atoms with Gasteiger partial charge < -0.3 is 10.4 Å². The number of hydrogen-bond donors (Lipinski definition) is 2. The first-order valence-electron chi connectivity index (χ1n) is 7.09. The molecular weight excluding hydrogens is 259 g/mol. The smallest absolute Gasteiger partial charge is 0.238 e. The summed E-state index contributed by atoms with van der Waals surface area (Å²) in [7, 11) is 0. The monoisotopic (exact) mass is 280 g/mol. The largest absolute Gasteiger partial charge is 0.395 e. The molecule has 0 bridgehead atoms. The van der Waals surface area contributed by atoms with Gasteiger partial charge in [0.05, 0.1) is 13.2 Å². The summed E-state index contributed by atoms with van der Waals surface area (Å²) in [5, 5.41) is 12.1. The number of anilines is 1. The number of halogens is 1. The van der Waals surface area contributed by atoms with Crippen LogP contribution < -0.4 is 5.32 Å². The second-order valence-corrected chi connectivity index (χ2v) is 5.21. The summed E-state index contributed by atoms with van der Waals surface area (Å²) in [5.41, 5.74) is 0.463. The van der Waals surface area contributed by atoms with Crippen LogP contribution in [-0.4, -0.2) is 41.7 Å². The Hall–Kier alpha value is -1.46. The van der Waals surface area contributed by atoms with Crippen LogP contribution in [0.3, 0.4) is 0 Å². The van der Waals surface area contributed by atoms with Gasteiger partial charge in [0.25, 0.3) is 0 Å². The zero-order chi connectivity index (χ0) is 14.4. The van der Waals surface area contributed by atoms with Crippen molar-refractivity contribution in [2.45, 2.75) is 31.7 Å². The van der Waals surface area contributed by atoms with Crippen molar-refractivity contribution in [3.8, 4) is 0 Å². The van der Waals surface area contributed by atoms with Crippen molar-refractivity contribution < 1.29 is 14.3 Å².